The number of carboxylic acid groups (broad SMARTS) is 1. The van der Waals surface area contributed by atoms with Crippen LogP contribution in [0.25, 0.3) is 0 Å². The maximum atomic E-state index is 10.7. The van der Waals surface area contributed by atoms with Crippen LogP contribution in [0, 0.1) is 0 Å². The molecule has 0 aromatic carbocycles. The van der Waals surface area contributed by atoms with Gasteiger partial charge in [-0.25, -0.2) is 4.98 Å². The van der Waals surface area contributed by atoms with Gasteiger partial charge >= 0.3 is 5.97 Å². The van der Waals surface area contributed by atoms with Crippen molar-refractivity contribution in [2.45, 2.75) is 32.9 Å². The molecule has 1 heterocycles. The molecule has 0 aliphatic carbocycles. The fourth-order valence-corrected chi connectivity index (χ4v) is 2.22. The second-order valence-electron chi connectivity index (χ2n) is 3.71. The van der Waals surface area contributed by atoms with Gasteiger partial charge in [-0.3, -0.25) is 9.69 Å². The number of carboxylic acids is 1. The first-order chi connectivity index (χ1) is 7.02. The van der Waals surface area contributed by atoms with Crippen LogP contribution >= 0.6 is 11.3 Å². The van der Waals surface area contributed by atoms with Crippen LogP contribution in [0.2, 0.25) is 0 Å². The number of aliphatic carboxylic acids is 1. The normalized spacial score (nSPS) is 13.4. The standard InChI is InChI=1S/C10H16N2O2S/c1-7(2)12(6-9(13)14)8(3)10-11-4-5-15-10/h4-5,7-8H,6H2,1-3H3,(H,13,14)/t8-/m0/s1. The highest BCUT2D eigenvalue weighted by Gasteiger charge is 2.22. The summed E-state index contributed by atoms with van der Waals surface area (Å²) in [5.74, 6) is -0.799. The van der Waals surface area contributed by atoms with E-state index < -0.39 is 5.97 Å². The smallest absolute Gasteiger partial charge is 0.317 e. The van der Waals surface area contributed by atoms with E-state index in [4.69, 9.17) is 5.11 Å². The van der Waals surface area contributed by atoms with Gasteiger partial charge in [-0.1, -0.05) is 0 Å². The summed E-state index contributed by atoms with van der Waals surface area (Å²) in [6.45, 7) is 6.03. The zero-order valence-corrected chi connectivity index (χ0v) is 9.99. The maximum Gasteiger partial charge on any atom is 0.317 e. The lowest BCUT2D eigenvalue weighted by molar-refractivity contribution is -0.139. The maximum absolute atomic E-state index is 10.7. The monoisotopic (exact) mass is 228 g/mol. The molecule has 15 heavy (non-hydrogen) atoms. The van der Waals surface area contributed by atoms with E-state index in [9.17, 15) is 4.79 Å². The van der Waals surface area contributed by atoms with Gasteiger partial charge in [-0.05, 0) is 20.8 Å². The molecular weight excluding hydrogens is 212 g/mol. The SMILES string of the molecule is CC(C)N(CC(=O)O)[C@@H](C)c1nccs1. The Labute approximate surface area is 93.6 Å². The van der Waals surface area contributed by atoms with Crippen LogP contribution in [0.3, 0.4) is 0 Å². The molecule has 0 bridgehead atoms. The third kappa shape index (κ3) is 3.28. The second kappa shape index (κ2) is 5.23. The molecule has 0 aliphatic heterocycles. The zero-order chi connectivity index (χ0) is 11.4. The highest BCUT2D eigenvalue weighted by atomic mass is 32.1. The van der Waals surface area contributed by atoms with E-state index in [2.05, 4.69) is 4.98 Å². The van der Waals surface area contributed by atoms with Crippen molar-refractivity contribution in [1.82, 2.24) is 9.88 Å². The van der Waals surface area contributed by atoms with Crippen molar-refractivity contribution in [3.8, 4) is 0 Å². The van der Waals surface area contributed by atoms with Crippen LogP contribution in [0.4, 0.5) is 0 Å². The number of hydrogen-bond donors (Lipinski definition) is 1. The number of thiazole rings is 1. The highest BCUT2D eigenvalue weighted by Crippen LogP contribution is 2.23. The molecule has 0 radical (unpaired) electrons. The lowest BCUT2D eigenvalue weighted by atomic mass is 10.2. The molecule has 1 rings (SSSR count). The largest absolute Gasteiger partial charge is 0.480 e. The minimum absolute atomic E-state index is 0.0540. The van der Waals surface area contributed by atoms with E-state index >= 15 is 0 Å². The fraction of sp³-hybridized carbons (Fsp3) is 0.600. The molecular formula is C10H16N2O2S. The van der Waals surface area contributed by atoms with Crippen LogP contribution in [0.5, 0.6) is 0 Å². The Kier molecular flexibility index (Phi) is 4.23. The first-order valence-electron chi connectivity index (χ1n) is 4.89. The summed E-state index contributed by atoms with van der Waals surface area (Å²) in [6.07, 6.45) is 1.75. The number of aromatic nitrogens is 1. The summed E-state index contributed by atoms with van der Waals surface area (Å²) in [4.78, 5) is 16.9. The molecule has 1 N–H and O–H groups in total. The minimum Gasteiger partial charge on any atom is -0.480 e. The van der Waals surface area contributed by atoms with E-state index in [0.717, 1.165) is 5.01 Å². The average molecular weight is 228 g/mol. The van der Waals surface area contributed by atoms with Crippen molar-refractivity contribution < 1.29 is 9.90 Å². The van der Waals surface area contributed by atoms with E-state index in [1.54, 1.807) is 17.5 Å². The summed E-state index contributed by atoms with van der Waals surface area (Å²) in [5.41, 5.74) is 0. The molecule has 0 spiro atoms. The van der Waals surface area contributed by atoms with Gasteiger partial charge in [-0.2, -0.15) is 0 Å². The summed E-state index contributed by atoms with van der Waals surface area (Å²) in [5, 5.41) is 11.7. The van der Waals surface area contributed by atoms with E-state index in [1.165, 1.54) is 0 Å². The predicted octanol–water partition coefficient (Wildman–Crippen LogP) is 2.00. The molecule has 0 aliphatic rings. The summed E-state index contributed by atoms with van der Waals surface area (Å²) in [6, 6.07) is 0.251. The lowest BCUT2D eigenvalue weighted by Crippen LogP contribution is -2.37. The van der Waals surface area contributed by atoms with Crippen molar-refractivity contribution in [2.24, 2.45) is 0 Å². The van der Waals surface area contributed by atoms with Crippen LogP contribution in [0.1, 0.15) is 31.8 Å². The van der Waals surface area contributed by atoms with Gasteiger partial charge < -0.3 is 5.11 Å². The van der Waals surface area contributed by atoms with Crippen LogP contribution in [-0.2, 0) is 4.79 Å². The lowest BCUT2D eigenvalue weighted by Gasteiger charge is -2.29. The summed E-state index contributed by atoms with van der Waals surface area (Å²) >= 11 is 1.56. The van der Waals surface area contributed by atoms with Gasteiger partial charge in [-0.15, -0.1) is 11.3 Å². The topological polar surface area (TPSA) is 53.4 Å². The summed E-state index contributed by atoms with van der Waals surface area (Å²) < 4.78 is 0. The van der Waals surface area contributed by atoms with Gasteiger partial charge in [0.2, 0.25) is 0 Å². The molecule has 84 valence electrons. The van der Waals surface area contributed by atoms with Gasteiger partial charge in [0.05, 0.1) is 12.6 Å². The number of hydrogen-bond acceptors (Lipinski definition) is 4. The number of nitrogens with zero attached hydrogens (tertiary/aromatic N) is 2. The number of rotatable bonds is 5. The molecule has 0 unspecified atom stereocenters. The zero-order valence-electron chi connectivity index (χ0n) is 9.17. The number of carbonyl (C=O) groups is 1. The van der Waals surface area contributed by atoms with Crippen LogP contribution in [-0.4, -0.2) is 33.5 Å². The van der Waals surface area contributed by atoms with Gasteiger partial charge in [0.1, 0.15) is 5.01 Å². The van der Waals surface area contributed by atoms with Crippen molar-refractivity contribution in [1.29, 1.82) is 0 Å². The fourth-order valence-electron chi connectivity index (χ4n) is 1.51. The average Bonchev–Trinajstić information content (AvgIpc) is 2.65. The molecule has 1 atom stereocenters. The molecule has 1 aromatic heterocycles. The van der Waals surface area contributed by atoms with Crippen LogP contribution < -0.4 is 0 Å². The van der Waals surface area contributed by atoms with Gasteiger partial charge in [0.15, 0.2) is 0 Å². The molecule has 0 amide bonds. The molecule has 4 nitrogen and oxygen atoms in total. The molecule has 0 saturated heterocycles. The van der Waals surface area contributed by atoms with Gasteiger partial charge in [0.25, 0.3) is 0 Å². The Morgan fingerprint density at radius 1 is 1.60 bits per heavy atom. The van der Waals surface area contributed by atoms with E-state index in [-0.39, 0.29) is 18.6 Å². The van der Waals surface area contributed by atoms with Crippen molar-refractivity contribution >= 4 is 17.3 Å². The Balaban J connectivity index is 2.76. The third-order valence-corrected chi connectivity index (χ3v) is 3.23. The molecule has 5 heteroatoms. The molecule has 0 fully saturated rings. The first kappa shape index (κ1) is 12.1. The molecule has 0 saturated carbocycles. The van der Waals surface area contributed by atoms with Crippen molar-refractivity contribution in [3.05, 3.63) is 16.6 Å². The minimum atomic E-state index is -0.799. The predicted molar refractivity (Wildman–Crippen MR) is 60.0 cm³/mol. The van der Waals surface area contributed by atoms with E-state index in [0.29, 0.717) is 0 Å². The Morgan fingerprint density at radius 3 is 2.67 bits per heavy atom. The van der Waals surface area contributed by atoms with Crippen LogP contribution in [0.15, 0.2) is 11.6 Å². The Morgan fingerprint density at radius 2 is 2.27 bits per heavy atom. The first-order valence-corrected chi connectivity index (χ1v) is 5.77. The van der Waals surface area contributed by atoms with E-state index in [1.807, 2.05) is 31.1 Å². The van der Waals surface area contributed by atoms with Crippen molar-refractivity contribution in [2.75, 3.05) is 6.54 Å². The Hall–Kier alpha value is -0.940. The summed E-state index contributed by atoms with van der Waals surface area (Å²) in [7, 11) is 0. The third-order valence-electron chi connectivity index (χ3n) is 2.29. The van der Waals surface area contributed by atoms with Crippen molar-refractivity contribution in [3.63, 3.8) is 0 Å². The quantitative estimate of drug-likeness (QED) is 0.837. The second-order valence-corrected chi connectivity index (χ2v) is 4.63. The molecule has 1 aromatic rings. The highest BCUT2D eigenvalue weighted by molar-refractivity contribution is 7.09. The van der Waals surface area contributed by atoms with Gasteiger partial charge in [0, 0.05) is 17.6 Å². The Bertz CT molecular complexity index is 311.